The zero-order chi connectivity index (χ0) is 18.1. The van der Waals surface area contributed by atoms with Crippen molar-refractivity contribution in [2.45, 2.75) is 39.7 Å². The van der Waals surface area contributed by atoms with Crippen molar-refractivity contribution in [3.8, 4) is 5.75 Å². The summed E-state index contributed by atoms with van der Waals surface area (Å²) >= 11 is 0. The van der Waals surface area contributed by atoms with Gasteiger partial charge in [0.1, 0.15) is 23.1 Å². The zero-order valence-electron chi connectivity index (χ0n) is 15.1. The van der Waals surface area contributed by atoms with Crippen molar-refractivity contribution < 1.29 is 9.53 Å². The number of nitrogens with one attached hydrogen (secondary N) is 2. The number of hydrogen-bond acceptors (Lipinski definition) is 5. The normalized spacial score (nSPS) is 10.4. The number of nitrogens with zero attached hydrogens (tertiary/aromatic N) is 2. The van der Waals surface area contributed by atoms with Gasteiger partial charge >= 0.3 is 0 Å². The lowest BCUT2D eigenvalue weighted by Crippen LogP contribution is -2.24. The number of carbonyl (C=O) groups is 1. The van der Waals surface area contributed by atoms with Gasteiger partial charge in [-0.2, -0.15) is 0 Å². The minimum Gasteiger partial charge on any atom is -0.497 e. The van der Waals surface area contributed by atoms with E-state index in [2.05, 4.69) is 27.5 Å². The number of rotatable bonds is 9. The van der Waals surface area contributed by atoms with E-state index >= 15 is 0 Å². The number of methoxy groups -OCH3 is 1. The summed E-state index contributed by atoms with van der Waals surface area (Å²) in [6, 6.07) is 9.28. The Hall–Kier alpha value is -2.63. The van der Waals surface area contributed by atoms with Crippen molar-refractivity contribution in [1.29, 1.82) is 0 Å². The Morgan fingerprint density at radius 2 is 1.92 bits per heavy atom. The van der Waals surface area contributed by atoms with Crippen LogP contribution >= 0.6 is 0 Å². The van der Waals surface area contributed by atoms with E-state index in [1.54, 1.807) is 20.1 Å². The van der Waals surface area contributed by atoms with Crippen LogP contribution in [0.25, 0.3) is 0 Å². The standard InChI is InChI=1S/C19H26N4O2/c1-4-5-6-11-20-18-12-17(22-14(2)23-18)19(24)21-13-15-7-9-16(25-3)10-8-15/h7-10,12H,4-6,11,13H2,1-3H3,(H,21,24)(H,20,22,23). The Bertz CT molecular complexity index is 686. The first-order valence-corrected chi connectivity index (χ1v) is 8.63. The second-order valence-corrected chi connectivity index (χ2v) is 5.85. The Kier molecular flexibility index (Phi) is 7.19. The molecule has 6 nitrogen and oxygen atoms in total. The van der Waals surface area contributed by atoms with Crippen LogP contribution in [0.5, 0.6) is 5.75 Å². The maximum atomic E-state index is 12.4. The number of unbranched alkanes of at least 4 members (excludes halogenated alkanes) is 2. The topological polar surface area (TPSA) is 76.1 Å². The number of benzene rings is 1. The number of carbonyl (C=O) groups excluding carboxylic acids is 1. The van der Waals surface area contributed by atoms with Gasteiger partial charge in [-0.3, -0.25) is 4.79 Å². The molecule has 0 aliphatic carbocycles. The van der Waals surface area contributed by atoms with E-state index in [1.165, 1.54) is 12.8 Å². The molecule has 0 bridgehead atoms. The number of amides is 1. The SMILES string of the molecule is CCCCCNc1cc(C(=O)NCc2ccc(OC)cc2)nc(C)n1. The first-order valence-electron chi connectivity index (χ1n) is 8.63. The van der Waals surface area contributed by atoms with Crippen molar-refractivity contribution in [3.63, 3.8) is 0 Å². The summed E-state index contributed by atoms with van der Waals surface area (Å²) in [5.41, 5.74) is 1.37. The summed E-state index contributed by atoms with van der Waals surface area (Å²) in [4.78, 5) is 20.9. The van der Waals surface area contributed by atoms with Crippen molar-refractivity contribution >= 4 is 11.7 Å². The first kappa shape index (κ1) is 18.7. The monoisotopic (exact) mass is 342 g/mol. The van der Waals surface area contributed by atoms with Gasteiger partial charge in [0.25, 0.3) is 5.91 Å². The van der Waals surface area contributed by atoms with Crippen LogP contribution in [0.15, 0.2) is 30.3 Å². The maximum Gasteiger partial charge on any atom is 0.270 e. The molecule has 0 saturated carbocycles. The summed E-state index contributed by atoms with van der Waals surface area (Å²) < 4.78 is 5.13. The molecule has 0 saturated heterocycles. The lowest BCUT2D eigenvalue weighted by atomic mass is 10.2. The van der Waals surface area contributed by atoms with E-state index in [0.29, 0.717) is 23.9 Å². The van der Waals surface area contributed by atoms with Crippen LogP contribution < -0.4 is 15.4 Å². The highest BCUT2D eigenvalue weighted by atomic mass is 16.5. The third-order valence-electron chi connectivity index (χ3n) is 3.77. The number of anilines is 1. The number of hydrogen-bond donors (Lipinski definition) is 2. The Balaban J connectivity index is 1.94. The second-order valence-electron chi connectivity index (χ2n) is 5.85. The van der Waals surface area contributed by atoms with Crippen LogP contribution in [0.4, 0.5) is 5.82 Å². The summed E-state index contributed by atoms with van der Waals surface area (Å²) in [7, 11) is 1.63. The highest BCUT2D eigenvalue weighted by Crippen LogP contribution is 2.12. The van der Waals surface area contributed by atoms with E-state index in [1.807, 2.05) is 24.3 Å². The van der Waals surface area contributed by atoms with E-state index in [4.69, 9.17) is 4.74 Å². The highest BCUT2D eigenvalue weighted by molar-refractivity contribution is 5.92. The number of aryl methyl sites for hydroxylation is 1. The van der Waals surface area contributed by atoms with Gasteiger partial charge in [0, 0.05) is 19.2 Å². The van der Waals surface area contributed by atoms with Crippen molar-refractivity contribution in [2.24, 2.45) is 0 Å². The molecule has 0 radical (unpaired) electrons. The second kappa shape index (κ2) is 9.61. The average Bonchev–Trinajstić information content (AvgIpc) is 2.63. The van der Waals surface area contributed by atoms with Crippen LogP contribution in [0.2, 0.25) is 0 Å². The maximum absolute atomic E-state index is 12.4. The van der Waals surface area contributed by atoms with Gasteiger partial charge in [-0.25, -0.2) is 9.97 Å². The molecule has 0 atom stereocenters. The largest absolute Gasteiger partial charge is 0.497 e. The van der Waals surface area contributed by atoms with E-state index in [9.17, 15) is 4.79 Å². The molecule has 6 heteroatoms. The molecule has 0 aliphatic rings. The smallest absolute Gasteiger partial charge is 0.270 e. The van der Waals surface area contributed by atoms with Gasteiger partial charge in [0.2, 0.25) is 0 Å². The molecule has 1 heterocycles. The predicted octanol–water partition coefficient (Wildman–Crippen LogP) is 3.33. The first-order chi connectivity index (χ1) is 12.1. The van der Waals surface area contributed by atoms with Gasteiger partial charge in [-0.15, -0.1) is 0 Å². The van der Waals surface area contributed by atoms with E-state index in [0.717, 1.165) is 24.3 Å². The summed E-state index contributed by atoms with van der Waals surface area (Å²) in [5.74, 6) is 1.85. The summed E-state index contributed by atoms with van der Waals surface area (Å²) in [6.07, 6.45) is 3.42. The van der Waals surface area contributed by atoms with Gasteiger partial charge in [0.15, 0.2) is 0 Å². The van der Waals surface area contributed by atoms with E-state index < -0.39 is 0 Å². The zero-order valence-corrected chi connectivity index (χ0v) is 15.1. The van der Waals surface area contributed by atoms with Gasteiger partial charge < -0.3 is 15.4 Å². The molecule has 2 N–H and O–H groups in total. The molecule has 1 amide bonds. The fourth-order valence-corrected chi connectivity index (χ4v) is 2.38. The summed E-state index contributed by atoms with van der Waals surface area (Å²) in [6.45, 7) is 5.24. The van der Waals surface area contributed by atoms with Gasteiger partial charge in [-0.05, 0) is 31.0 Å². The number of aromatic nitrogens is 2. The Morgan fingerprint density at radius 1 is 1.16 bits per heavy atom. The van der Waals surface area contributed by atoms with Crippen LogP contribution in [-0.4, -0.2) is 29.5 Å². The molecule has 134 valence electrons. The van der Waals surface area contributed by atoms with Gasteiger partial charge in [-0.1, -0.05) is 31.9 Å². The quantitative estimate of drug-likeness (QED) is 0.684. The fraction of sp³-hybridized carbons (Fsp3) is 0.421. The Morgan fingerprint density at radius 3 is 2.60 bits per heavy atom. The van der Waals surface area contributed by atoms with Crippen molar-refractivity contribution in [3.05, 3.63) is 47.4 Å². The molecule has 0 unspecified atom stereocenters. The minimum absolute atomic E-state index is 0.210. The molecule has 2 rings (SSSR count). The lowest BCUT2D eigenvalue weighted by molar-refractivity contribution is 0.0945. The lowest BCUT2D eigenvalue weighted by Gasteiger charge is -2.09. The third kappa shape index (κ3) is 6.06. The molecule has 2 aromatic rings. The van der Waals surface area contributed by atoms with Crippen LogP contribution in [0.1, 0.15) is 48.1 Å². The highest BCUT2D eigenvalue weighted by Gasteiger charge is 2.10. The average molecular weight is 342 g/mol. The van der Waals surface area contributed by atoms with Crippen LogP contribution in [0, 0.1) is 6.92 Å². The van der Waals surface area contributed by atoms with Gasteiger partial charge in [0.05, 0.1) is 7.11 Å². The number of ether oxygens (including phenoxy) is 1. The fourth-order valence-electron chi connectivity index (χ4n) is 2.38. The predicted molar refractivity (Wildman–Crippen MR) is 98.9 cm³/mol. The molecule has 1 aromatic heterocycles. The molecule has 1 aromatic carbocycles. The molecular formula is C19H26N4O2. The molecule has 0 fully saturated rings. The molecule has 0 spiro atoms. The third-order valence-corrected chi connectivity index (χ3v) is 3.77. The van der Waals surface area contributed by atoms with Crippen LogP contribution in [0.3, 0.4) is 0 Å². The Labute approximate surface area is 149 Å². The molecule has 0 aliphatic heterocycles. The molecular weight excluding hydrogens is 316 g/mol. The van der Waals surface area contributed by atoms with Crippen molar-refractivity contribution in [2.75, 3.05) is 19.0 Å². The minimum atomic E-state index is -0.210. The molecule has 25 heavy (non-hydrogen) atoms. The van der Waals surface area contributed by atoms with E-state index in [-0.39, 0.29) is 5.91 Å². The summed E-state index contributed by atoms with van der Waals surface area (Å²) in [5, 5.41) is 6.14. The van der Waals surface area contributed by atoms with Crippen LogP contribution in [-0.2, 0) is 6.54 Å². The van der Waals surface area contributed by atoms with Crippen molar-refractivity contribution in [1.82, 2.24) is 15.3 Å².